The zero-order valence-electron chi connectivity index (χ0n) is 9.47. The maximum atomic E-state index is 13.3. The van der Waals surface area contributed by atoms with Crippen LogP contribution in [0.15, 0.2) is 22.7 Å². The molecule has 0 saturated heterocycles. The third-order valence-corrected chi connectivity index (χ3v) is 4.06. The van der Waals surface area contributed by atoms with Gasteiger partial charge >= 0.3 is 0 Å². The smallest absolute Gasteiger partial charge is 0.123 e. The Hall–Kier alpha value is -0.410. The van der Waals surface area contributed by atoms with Gasteiger partial charge in [0.05, 0.1) is 0 Å². The second kappa shape index (κ2) is 5.28. The lowest BCUT2D eigenvalue weighted by Gasteiger charge is -2.35. The van der Waals surface area contributed by atoms with Crippen LogP contribution in [-0.2, 0) is 0 Å². The van der Waals surface area contributed by atoms with Gasteiger partial charge in [-0.2, -0.15) is 0 Å². The fourth-order valence-corrected chi connectivity index (χ4v) is 2.77. The Bertz CT molecular complexity index is 363. The summed E-state index contributed by atoms with van der Waals surface area (Å²) in [6.45, 7) is 3.02. The lowest BCUT2D eigenvalue weighted by molar-refractivity contribution is 0.232. The first-order valence-electron chi connectivity index (χ1n) is 5.90. The molecule has 1 atom stereocenters. The standard InChI is InChI=1S/C13H17BrFN/c1-2-16-13(9-4-3-5-9)11-8-10(15)6-7-12(11)14/h6-9,13,16H,2-5H2,1H3. The van der Waals surface area contributed by atoms with E-state index in [0.29, 0.717) is 12.0 Å². The molecule has 0 amide bonds. The van der Waals surface area contributed by atoms with Crippen molar-refractivity contribution in [3.63, 3.8) is 0 Å². The van der Waals surface area contributed by atoms with Crippen molar-refractivity contribution in [3.05, 3.63) is 34.1 Å². The van der Waals surface area contributed by atoms with Gasteiger partial charge in [-0.05, 0) is 49.1 Å². The van der Waals surface area contributed by atoms with Gasteiger partial charge in [0.25, 0.3) is 0 Å². The number of halogens is 2. The van der Waals surface area contributed by atoms with E-state index in [1.807, 2.05) is 0 Å². The Morgan fingerprint density at radius 2 is 2.25 bits per heavy atom. The molecule has 1 aliphatic carbocycles. The van der Waals surface area contributed by atoms with E-state index in [1.54, 1.807) is 12.1 Å². The zero-order valence-corrected chi connectivity index (χ0v) is 11.1. The van der Waals surface area contributed by atoms with Crippen molar-refractivity contribution < 1.29 is 4.39 Å². The molecule has 0 radical (unpaired) electrons. The van der Waals surface area contributed by atoms with Gasteiger partial charge in [0, 0.05) is 10.5 Å². The molecule has 1 saturated carbocycles. The van der Waals surface area contributed by atoms with E-state index in [1.165, 1.54) is 25.3 Å². The predicted octanol–water partition coefficient (Wildman–Crippen LogP) is 4.04. The lowest BCUT2D eigenvalue weighted by atomic mass is 9.77. The van der Waals surface area contributed by atoms with Gasteiger partial charge in [-0.1, -0.05) is 29.3 Å². The summed E-state index contributed by atoms with van der Waals surface area (Å²) in [6, 6.07) is 5.24. The molecule has 1 fully saturated rings. The highest BCUT2D eigenvalue weighted by atomic mass is 79.9. The molecule has 16 heavy (non-hydrogen) atoms. The third-order valence-electron chi connectivity index (χ3n) is 3.34. The van der Waals surface area contributed by atoms with E-state index < -0.39 is 0 Å². The Morgan fingerprint density at radius 1 is 1.50 bits per heavy atom. The summed E-state index contributed by atoms with van der Waals surface area (Å²) in [4.78, 5) is 0. The Morgan fingerprint density at radius 3 is 2.81 bits per heavy atom. The largest absolute Gasteiger partial charge is 0.310 e. The molecule has 0 bridgehead atoms. The first-order valence-corrected chi connectivity index (χ1v) is 6.70. The van der Waals surface area contributed by atoms with Crippen molar-refractivity contribution in [1.82, 2.24) is 5.32 Å². The second-order valence-electron chi connectivity index (χ2n) is 4.39. The third kappa shape index (κ3) is 2.46. The molecule has 0 aromatic heterocycles. The van der Waals surface area contributed by atoms with E-state index >= 15 is 0 Å². The van der Waals surface area contributed by atoms with E-state index in [2.05, 4.69) is 28.2 Å². The predicted molar refractivity (Wildman–Crippen MR) is 67.9 cm³/mol. The molecule has 1 aromatic rings. The van der Waals surface area contributed by atoms with Crippen molar-refractivity contribution in [1.29, 1.82) is 0 Å². The van der Waals surface area contributed by atoms with Crippen LogP contribution in [0.4, 0.5) is 4.39 Å². The van der Waals surface area contributed by atoms with E-state index in [9.17, 15) is 4.39 Å². The van der Waals surface area contributed by atoms with Crippen molar-refractivity contribution in [3.8, 4) is 0 Å². The normalized spacial score (nSPS) is 18.2. The van der Waals surface area contributed by atoms with Crippen LogP contribution < -0.4 is 5.32 Å². The van der Waals surface area contributed by atoms with E-state index in [4.69, 9.17) is 0 Å². The number of nitrogens with one attached hydrogen (secondary N) is 1. The fourth-order valence-electron chi connectivity index (χ4n) is 2.28. The average Bonchev–Trinajstić information content (AvgIpc) is 2.18. The van der Waals surface area contributed by atoms with Gasteiger partial charge in [0.2, 0.25) is 0 Å². The molecular formula is C13H17BrFN. The average molecular weight is 286 g/mol. The molecule has 88 valence electrons. The molecule has 0 aliphatic heterocycles. The summed E-state index contributed by atoms with van der Waals surface area (Å²) in [5.74, 6) is 0.512. The van der Waals surface area contributed by atoms with Crippen LogP contribution in [0.1, 0.15) is 37.8 Å². The van der Waals surface area contributed by atoms with Crippen LogP contribution in [-0.4, -0.2) is 6.54 Å². The highest BCUT2D eigenvalue weighted by molar-refractivity contribution is 9.10. The van der Waals surface area contributed by atoms with Gasteiger partial charge in [0.15, 0.2) is 0 Å². The van der Waals surface area contributed by atoms with Crippen LogP contribution >= 0.6 is 15.9 Å². The zero-order chi connectivity index (χ0) is 11.5. The minimum Gasteiger partial charge on any atom is -0.310 e. The van der Waals surface area contributed by atoms with Crippen LogP contribution in [0.25, 0.3) is 0 Å². The van der Waals surface area contributed by atoms with Crippen molar-refractivity contribution >= 4 is 15.9 Å². The fraction of sp³-hybridized carbons (Fsp3) is 0.538. The Labute approximate surface area is 105 Å². The molecule has 1 N–H and O–H groups in total. The molecule has 2 rings (SSSR count). The highest BCUT2D eigenvalue weighted by Crippen LogP contribution is 2.40. The quantitative estimate of drug-likeness (QED) is 0.881. The van der Waals surface area contributed by atoms with Gasteiger partial charge in [-0.25, -0.2) is 4.39 Å². The molecule has 3 heteroatoms. The molecule has 1 aromatic carbocycles. The summed E-state index contributed by atoms with van der Waals surface area (Å²) in [5.41, 5.74) is 1.06. The summed E-state index contributed by atoms with van der Waals surface area (Å²) < 4.78 is 14.3. The SMILES string of the molecule is CCNC(c1cc(F)ccc1Br)C1CCC1. The van der Waals surface area contributed by atoms with Gasteiger partial charge in [0.1, 0.15) is 5.82 Å². The van der Waals surface area contributed by atoms with Crippen LogP contribution in [0.5, 0.6) is 0 Å². The first kappa shape index (κ1) is 12.1. The number of benzene rings is 1. The van der Waals surface area contributed by atoms with Crippen molar-refractivity contribution in [2.75, 3.05) is 6.54 Å². The number of hydrogen-bond acceptors (Lipinski definition) is 1. The summed E-state index contributed by atoms with van der Waals surface area (Å²) in [6.07, 6.45) is 3.81. The minimum atomic E-state index is -0.152. The minimum absolute atomic E-state index is 0.152. The van der Waals surface area contributed by atoms with Crippen LogP contribution in [0, 0.1) is 11.7 Å². The first-order chi connectivity index (χ1) is 7.72. The Kier molecular flexibility index (Phi) is 3.98. The monoisotopic (exact) mass is 285 g/mol. The number of hydrogen-bond donors (Lipinski definition) is 1. The summed E-state index contributed by atoms with van der Waals surface area (Å²) >= 11 is 3.52. The lowest BCUT2D eigenvalue weighted by Crippen LogP contribution is -2.32. The maximum absolute atomic E-state index is 13.3. The molecule has 0 heterocycles. The Balaban J connectivity index is 2.25. The van der Waals surface area contributed by atoms with E-state index in [0.717, 1.165) is 16.6 Å². The van der Waals surface area contributed by atoms with Crippen molar-refractivity contribution in [2.24, 2.45) is 5.92 Å². The molecular weight excluding hydrogens is 269 g/mol. The topological polar surface area (TPSA) is 12.0 Å². The molecule has 1 nitrogen and oxygen atoms in total. The molecule has 0 spiro atoms. The van der Waals surface area contributed by atoms with Gasteiger partial charge in [-0.15, -0.1) is 0 Å². The number of rotatable bonds is 4. The van der Waals surface area contributed by atoms with Crippen molar-refractivity contribution in [2.45, 2.75) is 32.2 Å². The maximum Gasteiger partial charge on any atom is 0.123 e. The molecule has 1 unspecified atom stereocenters. The summed E-state index contributed by atoms with van der Waals surface area (Å²) in [7, 11) is 0. The van der Waals surface area contributed by atoms with Gasteiger partial charge < -0.3 is 5.32 Å². The van der Waals surface area contributed by atoms with E-state index in [-0.39, 0.29) is 5.82 Å². The summed E-state index contributed by atoms with van der Waals surface area (Å²) in [5, 5.41) is 3.47. The molecule has 1 aliphatic rings. The van der Waals surface area contributed by atoms with Crippen LogP contribution in [0.2, 0.25) is 0 Å². The van der Waals surface area contributed by atoms with Crippen LogP contribution in [0.3, 0.4) is 0 Å². The second-order valence-corrected chi connectivity index (χ2v) is 5.25. The van der Waals surface area contributed by atoms with Gasteiger partial charge in [-0.3, -0.25) is 0 Å². The highest BCUT2D eigenvalue weighted by Gasteiger charge is 2.29.